The van der Waals surface area contributed by atoms with E-state index < -0.39 is 5.91 Å². The van der Waals surface area contributed by atoms with Gasteiger partial charge in [0.25, 0.3) is 11.8 Å². The number of imide groups is 1. The molecule has 2 aromatic rings. The molecule has 2 amide bonds. The molecule has 0 atom stereocenters. The molecule has 1 N–H and O–H groups in total. The number of carbonyl (C=O) groups excluding carboxylic acids is 2. The minimum atomic E-state index is -0.408. The first kappa shape index (κ1) is 8.16. The summed E-state index contributed by atoms with van der Waals surface area (Å²) >= 11 is 0. The van der Waals surface area contributed by atoms with Gasteiger partial charge >= 0.3 is 0 Å². The Balaban J connectivity index is 2.48. The lowest BCUT2D eigenvalue weighted by Gasteiger charge is -1.92. The molecule has 15 heavy (non-hydrogen) atoms. The third-order valence-corrected chi connectivity index (χ3v) is 2.37. The maximum Gasteiger partial charge on any atom is 0.261 e. The topological polar surface area (TPSA) is 72.2 Å². The lowest BCUT2D eigenvalue weighted by molar-refractivity contribution is 0.0880. The molecule has 0 saturated heterocycles. The second-order valence-corrected chi connectivity index (χ2v) is 3.35. The second kappa shape index (κ2) is 2.44. The predicted octanol–water partition coefficient (Wildman–Crippen LogP) is 1.02. The maximum atomic E-state index is 11.5. The van der Waals surface area contributed by atoms with Crippen molar-refractivity contribution >= 4 is 22.9 Å². The van der Waals surface area contributed by atoms with Crippen LogP contribution in [0.25, 0.3) is 11.1 Å². The van der Waals surface area contributed by atoms with Crippen molar-refractivity contribution in [3.63, 3.8) is 0 Å². The summed E-state index contributed by atoms with van der Waals surface area (Å²) in [6.07, 6.45) is 0. The van der Waals surface area contributed by atoms with E-state index in [2.05, 4.69) is 10.3 Å². The molecule has 0 saturated carbocycles. The van der Waals surface area contributed by atoms with E-state index in [1.54, 1.807) is 19.1 Å². The molecule has 0 spiro atoms. The van der Waals surface area contributed by atoms with Crippen LogP contribution in [0.15, 0.2) is 16.5 Å². The Morgan fingerprint density at radius 3 is 2.87 bits per heavy atom. The van der Waals surface area contributed by atoms with Crippen molar-refractivity contribution in [1.82, 2.24) is 10.3 Å². The standard InChI is InChI=1S/C10H6N2O3/c1-4-11-8-6(15-4)3-2-5-7(8)10(14)12-9(5)13/h2-3H,1H3,(H,12,13,14). The van der Waals surface area contributed by atoms with Crippen molar-refractivity contribution < 1.29 is 14.0 Å². The number of benzene rings is 1. The fraction of sp³-hybridized carbons (Fsp3) is 0.100. The molecule has 0 fully saturated rings. The number of hydrogen-bond acceptors (Lipinski definition) is 4. The van der Waals surface area contributed by atoms with E-state index in [1.165, 1.54) is 0 Å². The molecule has 0 unspecified atom stereocenters. The molecular formula is C10H6N2O3. The van der Waals surface area contributed by atoms with Crippen LogP contribution in [-0.4, -0.2) is 16.8 Å². The highest BCUT2D eigenvalue weighted by Crippen LogP contribution is 2.25. The summed E-state index contributed by atoms with van der Waals surface area (Å²) in [6, 6.07) is 3.22. The largest absolute Gasteiger partial charge is 0.441 e. The van der Waals surface area contributed by atoms with Crippen molar-refractivity contribution in [3.8, 4) is 0 Å². The first-order valence-corrected chi connectivity index (χ1v) is 4.42. The summed E-state index contributed by atoms with van der Waals surface area (Å²) in [4.78, 5) is 26.9. The van der Waals surface area contributed by atoms with Crippen molar-refractivity contribution in [2.45, 2.75) is 6.92 Å². The Hall–Kier alpha value is -2.17. The lowest BCUT2D eigenvalue weighted by atomic mass is 10.1. The van der Waals surface area contributed by atoms with E-state index in [9.17, 15) is 9.59 Å². The molecule has 1 aliphatic heterocycles. The predicted molar refractivity (Wildman–Crippen MR) is 50.5 cm³/mol. The molecule has 1 aliphatic rings. The Labute approximate surface area is 84.1 Å². The molecule has 5 nitrogen and oxygen atoms in total. The number of fused-ring (bicyclic) bond motifs is 3. The molecule has 0 aliphatic carbocycles. The number of nitrogens with zero attached hydrogens (tertiary/aromatic N) is 1. The normalized spacial score (nSPS) is 14.5. The summed E-state index contributed by atoms with van der Waals surface area (Å²) in [6.45, 7) is 1.70. The molecule has 1 aromatic heterocycles. The average Bonchev–Trinajstić information content (AvgIpc) is 2.66. The molecular weight excluding hydrogens is 196 g/mol. The number of nitrogens with one attached hydrogen (secondary N) is 1. The summed E-state index contributed by atoms with van der Waals surface area (Å²) in [5.41, 5.74) is 1.65. The van der Waals surface area contributed by atoms with Gasteiger partial charge in [0.05, 0.1) is 11.1 Å². The number of hydrogen-bond donors (Lipinski definition) is 1. The smallest absolute Gasteiger partial charge is 0.261 e. The zero-order valence-electron chi connectivity index (χ0n) is 7.83. The van der Waals surface area contributed by atoms with Gasteiger partial charge in [0.2, 0.25) is 0 Å². The SMILES string of the molecule is Cc1nc2c3c(ccc2o1)C(=O)NC3=O. The second-order valence-electron chi connectivity index (χ2n) is 3.35. The van der Waals surface area contributed by atoms with E-state index in [0.29, 0.717) is 28.1 Å². The van der Waals surface area contributed by atoms with Crippen LogP contribution in [0.2, 0.25) is 0 Å². The van der Waals surface area contributed by atoms with Crippen LogP contribution in [0.1, 0.15) is 26.6 Å². The highest BCUT2D eigenvalue weighted by Gasteiger charge is 2.30. The van der Waals surface area contributed by atoms with E-state index in [0.717, 1.165) is 0 Å². The fourth-order valence-electron chi connectivity index (χ4n) is 1.76. The Bertz CT molecular complexity index is 612. The molecule has 0 radical (unpaired) electrons. The van der Waals surface area contributed by atoms with Gasteiger partial charge in [0.1, 0.15) is 5.52 Å². The van der Waals surface area contributed by atoms with Gasteiger partial charge < -0.3 is 4.42 Å². The van der Waals surface area contributed by atoms with Crippen LogP contribution in [0.3, 0.4) is 0 Å². The van der Waals surface area contributed by atoms with E-state index in [4.69, 9.17) is 4.42 Å². The van der Waals surface area contributed by atoms with Gasteiger partial charge in [-0.05, 0) is 12.1 Å². The van der Waals surface area contributed by atoms with E-state index in [-0.39, 0.29) is 5.91 Å². The zero-order valence-corrected chi connectivity index (χ0v) is 7.83. The van der Waals surface area contributed by atoms with Crippen molar-refractivity contribution in [2.75, 3.05) is 0 Å². The quantitative estimate of drug-likeness (QED) is 0.647. The summed E-state index contributed by atoms with van der Waals surface area (Å²) < 4.78 is 5.27. The van der Waals surface area contributed by atoms with Gasteiger partial charge in [0, 0.05) is 6.92 Å². The number of aromatic nitrogens is 1. The summed E-state index contributed by atoms with van der Waals surface area (Å²) in [5.74, 6) is -0.308. The van der Waals surface area contributed by atoms with Gasteiger partial charge in [-0.25, -0.2) is 4.98 Å². The molecule has 2 heterocycles. The summed E-state index contributed by atoms with van der Waals surface area (Å²) in [5, 5.41) is 2.22. The Kier molecular flexibility index (Phi) is 1.33. The van der Waals surface area contributed by atoms with Gasteiger partial charge in [0.15, 0.2) is 11.5 Å². The first-order chi connectivity index (χ1) is 7.16. The van der Waals surface area contributed by atoms with E-state index in [1.807, 2.05) is 0 Å². The van der Waals surface area contributed by atoms with Crippen LogP contribution in [0.4, 0.5) is 0 Å². The number of rotatable bonds is 0. The summed E-state index contributed by atoms with van der Waals surface area (Å²) in [7, 11) is 0. The average molecular weight is 202 g/mol. The molecule has 0 bridgehead atoms. The van der Waals surface area contributed by atoms with Crippen LogP contribution < -0.4 is 5.32 Å². The van der Waals surface area contributed by atoms with Crippen LogP contribution in [0.5, 0.6) is 0 Å². The van der Waals surface area contributed by atoms with Gasteiger partial charge in [-0.1, -0.05) is 0 Å². The van der Waals surface area contributed by atoms with E-state index >= 15 is 0 Å². The highest BCUT2D eigenvalue weighted by molar-refractivity contribution is 6.25. The molecule has 1 aromatic carbocycles. The van der Waals surface area contributed by atoms with Crippen LogP contribution in [0, 0.1) is 6.92 Å². The number of oxazole rings is 1. The third kappa shape index (κ3) is 0.942. The molecule has 74 valence electrons. The number of aryl methyl sites for hydroxylation is 1. The zero-order chi connectivity index (χ0) is 10.6. The van der Waals surface area contributed by atoms with Crippen molar-refractivity contribution in [2.24, 2.45) is 0 Å². The van der Waals surface area contributed by atoms with Crippen LogP contribution in [-0.2, 0) is 0 Å². The molecule has 5 heteroatoms. The minimum Gasteiger partial charge on any atom is -0.441 e. The highest BCUT2D eigenvalue weighted by atomic mass is 16.3. The minimum absolute atomic E-state index is 0.314. The number of amides is 2. The lowest BCUT2D eigenvalue weighted by Crippen LogP contribution is -2.20. The van der Waals surface area contributed by atoms with Gasteiger partial charge in [-0.2, -0.15) is 0 Å². The van der Waals surface area contributed by atoms with Gasteiger partial charge in [-0.3, -0.25) is 14.9 Å². The third-order valence-electron chi connectivity index (χ3n) is 2.37. The maximum absolute atomic E-state index is 11.5. The van der Waals surface area contributed by atoms with Crippen molar-refractivity contribution in [3.05, 3.63) is 29.2 Å². The first-order valence-electron chi connectivity index (χ1n) is 4.42. The van der Waals surface area contributed by atoms with Crippen molar-refractivity contribution in [1.29, 1.82) is 0 Å². The van der Waals surface area contributed by atoms with Gasteiger partial charge in [-0.15, -0.1) is 0 Å². The Morgan fingerprint density at radius 1 is 1.27 bits per heavy atom. The molecule has 3 rings (SSSR count). The number of carbonyl (C=O) groups is 2. The van der Waals surface area contributed by atoms with Crippen LogP contribution >= 0.6 is 0 Å². The monoisotopic (exact) mass is 202 g/mol. The Morgan fingerprint density at radius 2 is 2.07 bits per heavy atom. The fourth-order valence-corrected chi connectivity index (χ4v) is 1.76.